The molecule has 0 radical (unpaired) electrons. The van der Waals surface area contributed by atoms with Crippen molar-refractivity contribution in [3.8, 4) is 0 Å². The molecule has 10 heteroatoms. The highest BCUT2D eigenvalue weighted by Gasteiger charge is 2.33. The second-order valence-corrected chi connectivity index (χ2v) is 6.76. The zero-order valence-electron chi connectivity index (χ0n) is 11.8. The van der Waals surface area contributed by atoms with Gasteiger partial charge in [-0.3, -0.25) is 9.48 Å². The van der Waals surface area contributed by atoms with E-state index in [4.69, 9.17) is 0 Å². The Bertz CT molecular complexity index is 828. The van der Waals surface area contributed by atoms with Gasteiger partial charge in [-0.15, -0.1) is 0 Å². The zero-order chi connectivity index (χ0) is 17.3. The van der Waals surface area contributed by atoms with Gasteiger partial charge < -0.3 is 5.32 Å². The Morgan fingerprint density at radius 3 is 2.57 bits per heavy atom. The second kappa shape index (κ2) is 6.03. The van der Waals surface area contributed by atoms with Crippen molar-refractivity contribution in [1.82, 2.24) is 9.78 Å². The summed E-state index contributed by atoms with van der Waals surface area (Å²) in [6.45, 7) is -0.431. The van der Waals surface area contributed by atoms with Crippen LogP contribution in [0.25, 0.3) is 0 Å². The number of hydrogen-bond acceptors (Lipinski definition) is 4. The molecule has 0 aliphatic carbocycles. The molecular weight excluding hydrogens is 335 g/mol. The molecule has 0 aliphatic heterocycles. The lowest BCUT2D eigenvalue weighted by atomic mass is 10.3. The van der Waals surface area contributed by atoms with Crippen LogP contribution >= 0.6 is 0 Å². The van der Waals surface area contributed by atoms with Crippen molar-refractivity contribution >= 4 is 21.4 Å². The number of benzene rings is 1. The first-order chi connectivity index (χ1) is 10.6. The number of sulfone groups is 1. The number of carbonyl (C=O) groups is 1. The predicted octanol–water partition coefficient (Wildman–Crippen LogP) is 1.94. The molecule has 23 heavy (non-hydrogen) atoms. The van der Waals surface area contributed by atoms with E-state index in [0.29, 0.717) is 0 Å². The van der Waals surface area contributed by atoms with Crippen LogP contribution in [0.15, 0.2) is 41.4 Å². The van der Waals surface area contributed by atoms with Gasteiger partial charge in [0, 0.05) is 18.1 Å². The number of halogens is 3. The first-order valence-corrected chi connectivity index (χ1v) is 8.15. The van der Waals surface area contributed by atoms with E-state index >= 15 is 0 Å². The van der Waals surface area contributed by atoms with Crippen LogP contribution in [0.3, 0.4) is 0 Å². The molecule has 1 amide bonds. The standard InChI is InChI=1S/C13H12F3N3O3S/c1-23(21,22)10-4-2-3-9(7-10)17-12(20)8-19-6-5-11(18-19)13(14,15)16/h2-7H,8H2,1H3,(H,17,20). The number of nitrogens with one attached hydrogen (secondary N) is 1. The van der Waals surface area contributed by atoms with Gasteiger partial charge in [0.1, 0.15) is 6.54 Å². The molecule has 0 unspecified atom stereocenters. The number of carbonyl (C=O) groups excluding carboxylic acids is 1. The molecule has 0 aliphatic rings. The van der Waals surface area contributed by atoms with Crippen molar-refractivity contribution in [3.63, 3.8) is 0 Å². The summed E-state index contributed by atoms with van der Waals surface area (Å²) in [6.07, 6.45) is -2.52. The van der Waals surface area contributed by atoms with Gasteiger partial charge in [-0.05, 0) is 24.3 Å². The summed E-state index contributed by atoms with van der Waals surface area (Å²) in [5.74, 6) is -0.632. The summed E-state index contributed by atoms with van der Waals surface area (Å²) in [4.78, 5) is 11.8. The van der Waals surface area contributed by atoms with Crippen LogP contribution in [0.5, 0.6) is 0 Å². The molecule has 0 atom stereocenters. The third-order valence-corrected chi connectivity index (χ3v) is 3.89. The summed E-state index contributed by atoms with van der Waals surface area (Å²) in [5.41, 5.74) is -0.870. The maximum atomic E-state index is 12.4. The summed E-state index contributed by atoms with van der Waals surface area (Å²) in [5, 5.41) is 5.66. The number of alkyl halides is 3. The zero-order valence-corrected chi connectivity index (χ0v) is 12.6. The minimum atomic E-state index is -4.58. The van der Waals surface area contributed by atoms with Gasteiger partial charge in [-0.2, -0.15) is 18.3 Å². The van der Waals surface area contributed by atoms with Crippen LogP contribution in [0.2, 0.25) is 0 Å². The van der Waals surface area contributed by atoms with Crippen LogP contribution in [-0.4, -0.2) is 30.4 Å². The van der Waals surface area contributed by atoms with E-state index in [-0.39, 0.29) is 10.6 Å². The third-order valence-electron chi connectivity index (χ3n) is 2.78. The Morgan fingerprint density at radius 1 is 1.30 bits per heavy atom. The number of anilines is 1. The average Bonchev–Trinajstić information content (AvgIpc) is 2.86. The SMILES string of the molecule is CS(=O)(=O)c1cccc(NC(=O)Cn2ccc(C(F)(F)F)n2)c1. The molecule has 1 aromatic carbocycles. The first kappa shape index (κ1) is 17.0. The number of nitrogens with zero attached hydrogens (tertiary/aromatic N) is 2. The van der Waals surface area contributed by atoms with Crippen molar-refractivity contribution in [2.45, 2.75) is 17.6 Å². The fourth-order valence-corrected chi connectivity index (χ4v) is 2.42. The minimum absolute atomic E-state index is 0.0220. The molecule has 0 spiro atoms. The molecule has 0 bridgehead atoms. The Morgan fingerprint density at radius 2 is 2.00 bits per heavy atom. The Hall–Kier alpha value is -2.36. The maximum Gasteiger partial charge on any atom is 0.435 e. The number of aromatic nitrogens is 2. The highest BCUT2D eigenvalue weighted by atomic mass is 32.2. The largest absolute Gasteiger partial charge is 0.435 e. The van der Waals surface area contributed by atoms with Crippen LogP contribution < -0.4 is 5.32 Å². The fraction of sp³-hybridized carbons (Fsp3) is 0.231. The lowest BCUT2D eigenvalue weighted by Crippen LogP contribution is -2.20. The van der Waals surface area contributed by atoms with E-state index < -0.39 is 34.2 Å². The third kappa shape index (κ3) is 4.55. The maximum absolute atomic E-state index is 12.4. The molecule has 124 valence electrons. The predicted molar refractivity (Wildman–Crippen MR) is 75.4 cm³/mol. The number of rotatable bonds is 4. The number of hydrogen-bond donors (Lipinski definition) is 1. The van der Waals surface area contributed by atoms with Gasteiger partial charge in [-0.1, -0.05) is 6.07 Å². The van der Waals surface area contributed by atoms with E-state index in [2.05, 4.69) is 10.4 Å². The monoisotopic (exact) mass is 347 g/mol. The van der Waals surface area contributed by atoms with Crippen molar-refractivity contribution in [1.29, 1.82) is 0 Å². The van der Waals surface area contributed by atoms with Gasteiger partial charge in [-0.25, -0.2) is 8.42 Å². The van der Waals surface area contributed by atoms with Gasteiger partial charge in [0.15, 0.2) is 15.5 Å². The van der Waals surface area contributed by atoms with Crippen molar-refractivity contribution in [3.05, 3.63) is 42.2 Å². The molecule has 1 N–H and O–H groups in total. The quantitative estimate of drug-likeness (QED) is 0.917. The highest BCUT2D eigenvalue weighted by Crippen LogP contribution is 2.27. The van der Waals surface area contributed by atoms with Gasteiger partial charge in [0.2, 0.25) is 5.91 Å². The Kier molecular flexibility index (Phi) is 4.46. The van der Waals surface area contributed by atoms with Crippen molar-refractivity contribution in [2.24, 2.45) is 0 Å². The van der Waals surface area contributed by atoms with Crippen LogP contribution in [0, 0.1) is 0 Å². The van der Waals surface area contributed by atoms with Crippen LogP contribution in [-0.2, 0) is 27.4 Å². The Labute approximate surface area is 129 Å². The molecular formula is C13H12F3N3O3S. The van der Waals surface area contributed by atoms with Gasteiger partial charge >= 0.3 is 6.18 Å². The van der Waals surface area contributed by atoms with Crippen molar-refractivity contribution in [2.75, 3.05) is 11.6 Å². The van der Waals surface area contributed by atoms with Gasteiger partial charge in [0.05, 0.1) is 4.90 Å². The molecule has 0 saturated carbocycles. The highest BCUT2D eigenvalue weighted by molar-refractivity contribution is 7.90. The fourth-order valence-electron chi connectivity index (χ4n) is 1.75. The summed E-state index contributed by atoms with van der Waals surface area (Å²) >= 11 is 0. The second-order valence-electron chi connectivity index (χ2n) is 4.74. The summed E-state index contributed by atoms with van der Waals surface area (Å²) in [7, 11) is -3.43. The number of amides is 1. The van der Waals surface area contributed by atoms with Crippen LogP contribution in [0.4, 0.5) is 18.9 Å². The molecule has 2 rings (SSSR count). The summed E-state index contributed by atoms with van der Waals surface area (Å²) < 4.78 is 60.9. The lowest BCUT2D eigenvalue weighted by Gasteiger charge is -2.07. The average molecular weight is 347 g/mol. The Balaban J connectivity index is 2.07. The van der Waals surface area contributed by atoms with E-state index in [1.54, 1.807) is 0 Å². The minimum Gasteiger partial charge on any atom is -0.324 e. The molecule has 0 saturated heterocycles. The molecule has 6 nitrogen and oxygen atoms in total. The molecule has 1 heterocycles. The first-order valence-electron chi connectivity index (χ1n) is 6.26. The molecule has 1 aromatic heterocycles. The van der Waals surface area contributed by atoms with E-state index in [9.17, 15) is 26.4 Å². The van der Waals surface area contributed by atoms with Crippen LogP contribution in [0.1, 0.15) is 5.69 Å². The summed E-state index contributed by atoms with van der Waals surface area (Å²) in [6, 6.07) is 6.31. The molecule has 2 aromatic rings. The van der Waals surface area contributed by atoms with E-state index in [1.807, 2.05) is 0 Å². The molecule has 0 fully saturated rings. The smallest absolute Gasteiger partial charge is 0.324 e. The normalized spacial score (nSPS) is 12.2. The van der Waals surface area contributed by atoms with Gasteiger partial charge in [0.25, 0.3) is 0 Å². The van der Waals surface area contributed by atoms with E-state index in [0.717, 1.165) is 23.2 Å². The van der Waals surface area contributed by atoms with Crippen molar-refractivity contribution < 1.29 is 26.4 Å². The topological polar surface area (TPSA) is 81.1 Å². The van der Waals surface area contributed by atoms with E-state index in [1.165, 1.54) is 24.3 Å². The lowest BCUT2D eigenvalue weighted by molar-refractivity contribution is -0.141.